The second-order valence-corrected chi connectivity index (χ2v) is 8.87. The van der Waals surface area contributed by atoms with Crippen LogP contribution in [0.1, 0.15) is 11.1 Å². The van der Waals surface area contributed by atoms with Crippen molar-refractivity contribution in [2.24, 2.45) is 0 Å². The van der Waals surface area contributed by atoms with Crippen molar-refractivity contribution in [2.75, 3.05) is 11.0 Å². The van der Waals surface area contributed by atoms with E-state index < -0.39 is 19.9 Å². The summed E-state index contributed by atoms with van der Waals surface area (Å²) in [5.41, 5.74) is 1.86. The van der Waals surface area contributed by atoms with Gasteiger partial charge in [0.1, 0.15) is 0 Å². The van der Waals surface area contributed by atoms with Gasteiger partial charge >= 0.3 is 0 Å². The second kappa shape index (κ2) is 5.73. The van der Waals surface area contributed by atoms with E-state index in [1.807, 2.05) is 6.92 Å². The Labute approximate surface area is 131 Å². The summed E-state index contributed by atoms with van der Waals surface area (Å²) in [4.78, 5) is 0.313. The summed E-state index contributed by atoms with van der Waals surface area (Å²) in [6.07, 6.45) is 1.11. The molecule has 2 aromatic carbocycles. The number of rotatable bonds is 4. The molecular formula is C15H17NO4S2. The lowest BCUT2D eigenvalue weighted by atomic mass is 10.2. The molecule has 0 aliphatic heterocycles. The van der Waals surface area contributed by atoms with Crippen LogP contribution in [0.3, 0.4) is 0 Å². The van der Waals surface area contributed by atoms with Gasteiger partial charge < -0.3 is 0 Å². The molecule has 0 aliphatic rings. The molecule has 2 aromatic rings. The second-order valence-electron chi connectivity index (χ2n) is 5.17. The van der Waals surface area contributed by atoms with Gasteiger partial charge in [-0.25, -0.2) is 16.8 Å². The monoisotopic (exact) mass is 339 g/mol. The smallest absolute Gasteiger partial charge is 0.261 e. The molecular weight excluding hydrogens is 322 g/mol. The van der Waals surface area contributed by atoms with Crippen molar-refractivity contribution < 1.29 is 16.8 Å². The van der Waals surface area contributed by atoms with Gasteiger partial charge in [0.05, 0.1) is 15.5 Å². The Hall–Kier alpha value is -1.86. The average molecular weight is 339 g/mol. The average Bonchev–Trinajstić information content (AvgIpc) is 2.40. The predicted molar refractivity (Wildman–Crippen MR) is 86.3 cm³/mol. The largest absolute Gasteiger partial charge is 0.279 e. The minimum absolute atomic E-state index is 0.156. The molecule has 118 valence electrons. The van der Waals surface area contributed by atoms with Gasteiger partial charge in [-0.05, 0) is 49.7 Å². The van der Waals surface area contributed by atoms with Gasteiger partial charge in [-0.3, -0.25) is 4.72 Å². The lowest BCUT2D eigenvalue weighted by Crippen LogP contribution is -2.14. The maximum atomic E-state index is 12.3. The van der Waals surface area contributed by atoms with E-state index in [1.54, 1.807) is 19.1 Å². The Balaban J connectivity index is 2.36. The van der Waals surface area contributed by atoms with Crippen LogP contribution >= 0.6 is 0 Å². The number of hydrogen-bond donors (Lipinski definition) is 1. The van der Waals surface area contributed by atoms with Gasteiger partial charge in [0.15, 0.2) is 9.84 Å². The molecule has 1 N–H and O–H groups in total. The van der Waals surface area contributed by atoms with Gasteiger partial charge in [-0.1, -0.05) is 17.7 Å². The Bertz CT molecular complexity index is 899. The number of aryl methyl sites for hydroxylation is 2. The van der Waals surface area contributed by atoms with Crippen molar-refractivity contribution >= 4 is 25.5 Å². The molecule has 22 heavy (non-hydrogen) atoms. The topological polar surface area (TPSA) is 80.3 Å². The first kappa shape index (κ1) is 16.5. The molecule has 0 atom stereocenters. The minimum Gasteiger partial charge on any atom is -0.279 e. The quantitative estimate of drug-likeness (QED) is 0.928. The fourth-order valence-electron chi connectivity index (χ4n) is 1.90. The first-order valence-corrected chi connectivity index (χ1v) is 9.87. The van der Waals surface area contributed by atoms with Crippen LogP contribution in [0.15, 0.2) is 52.3 Å². The molecule has 0 bridgehead atoms. The summed E-state index contributed by atoms with van der Waals surface area (Å²) >= 11 is 0. The number of nitrogens with one attached hydrogen (secondary N) is 1. The van der Waals surface area contributed by atoms with E-state index in [-0.39, 0.29) is 9.79 Å². The highest BCUT2D eigenvalue weighted by atomic mass is 32.2. The maximum Gasteiger partial charge on any atom is 0.261 e. The van der Waals surface area contributed by atoms with Gasteiger partial charge in [-0.2, -0.15) is 0 Å². The van der Waals surface area contributed by atoms with Gasteiger partial charge in [0.25, 0.3) is 10.0 Å². The summed E-state index contributed by atoms with van der Waals surface area (Å²) in [6, 6.07) is 10.8. The minimum atomic E-state index is -3.70. The Morgan fingerprint density at radius 2 is 1.36 bits per heavy atom. The van der Waals surface area contributed by atoms with E-state index in [9.17, 15) is 16.8 Å². The lowest BCUT2D eigenvalue weighted by molar-refractivity contribution is 0.600. The number of sulfone groups is 1. The lowest BCUT2D eigenvalue weighted by Gasteiger charge is -2.11. The first-order valence-electron chi connectivity index (χ1n) is 6.50. The highest BCUT2D eigenvalue weighted by molar-refractivity contribution is 7.92. The summed E-state index contributed by atoms with van der Waals surface area (Å²) in [7, 11) is -7.02. The molecule has 0 aromatic heterocycles. The normalized spacial score (nSPS) is 12.1. The highest BCUT2D eigenvalue weighted by Gasteiger charge is 2.16. The molecule has 0 aliphatic carbocycles. The van der Waals surface area contributed by atoms with Crippen LogP contribution in [0.2, 0.25) is 0 Å². The van der Waals surface area contributed by atoms with Crippen LogP contribution in [-0.4, -0.2) is 23.1 Å². The molecule has 0 amide bonds. The fourth-order valence-corrected chi connectivity index (χ4v) is 3.74. The van der Waals surface area contributed by atoms with Gasteiger partial charge in [0.2, 0.25) is 0 Å². The van der Waals surface area contributed by atoms with E-state index in [4.69, 9.17) is 0 Å². The van der Waals surface area contributed by atoms with E-state index in [0.29, 0.717) is 11.3 Å². The zero-order valence-corrected chi connectivity index (χ0v) is 14.1. The molecule has 5 nitrogen and oxygen atoms in total. The third-order valence-corrected chi connectivity index (χ3v) is 5.69. The standard InChI is InChI=1S/C15H17NO4S2/c1-11-4-6-13(7-5-11)22(19,20)16-15-9-8-14(10-12(15)2)21(3,17)18/h4-10,16H,1-3H3. The van der Waals surface area contributed by atoms with Crippen molar-refractivity contribution in [3.05, 3.63) is 53.6 Å². The molecule has 0 saturated carbocycles. The number of hydrogen-bond acceptors (Lipinski definition) is 4. The van der Waals surface area contributed by atoms with Gasteiger partial charge in [0, 0.05) is 6.26 Å². The molecule has 0 unspecified atom stereocenters. The van der Waals surface area contributed by atoms with E-state index in [0.717, 1.165) is 11.8 Å². The third kappa shape index (κ3) is 3.66. The third-order valence-electron chi connectivity index (χ3n) is 3.20. The van der Waals surface area contributed by atoms with Crippen molar-refractivity contribution in [3.63, 3.8) is 0 Å². The fraction of sp³-hybridized carbons (Fsp3) is 0.200. The Kier molecular flexibility index (Phi) is 4.30. The highest BCUT2D eigenvalue weighted by Crippen LogP contribution is 2.23. The molecule has 0 fully saturated rings. The molecule has 0 heterocycles. The predicted octanol–water partition coefficient (Wildman–Crippen LogP) is 2.51. The van der Waals surface area contributed by atoms with Crippen molar-refractivity contribution in [2.45, 2.75) is 23.6 Å². The molecule has 7 heteroatoms. The SMILES string of the molecule is Cc1ccc(S(=O)(=O)Nc2ccc(S(C)(=O)=O)cc2C)cc1. The van der Waals surface area contributed by atoms with Crippen molar-refractivity contribution in [1.29, 1.82) is 0 Å². The first-order chi connectivity index (χ1) is 10.1. The molecule has 2 rings (SSSR count). The van der Waals surface area contributed by atoms with E-state index >= 15 is 0 Å². The van der Waals surface area contributed by atoms with Crippen LogP contribution in [-0.2, 0) is 19.9 Å². The van der Waals surface area contributed by atoms with Crippen LogP contribution < -0.4 is 4.72 Å². The van der Waals surface area contributed by atoms with E-state index in [2.05, 4.69) is 4.72 Å². The molecule has 0 spiro atoms. The molecule has 0 saturated heterocycles. The van der Waals surface area contributed by atoms with Crippen molar-refractivity contribution in [1.82, 2.24) is 0 Å². The van der Waals surface area contributed by atoms with Crippen LogP contribution in [0.5, 0.6) is 0 Å². The summed E-state index contributed by atoms with van der Waals surface area (Å²) in [5.74, 6) is 0. The Morgan fingerprint density at radius 3 is 1.86 bits per heavy atom. The van der Waals surface area contributed by atoms with Crippen LogP contribution in [0, 0.1) is 13.8 Å². The van der Waals surface area contributed by atoms with E-state index in [1.165, 1.54) is 30.3 Å². The summed E-state index contributed by atoms with van der Waals surface area (Å²) in [5, 5.41) is 0. The van der Waals surface area contributed by atoms with Gasteiger partial charge in [-0.15, -0.1) is 0 Å². The number of sulfonamides is 1. The van der Waals surface area contributed by atoms with Crippen molar-refractivity contribution in [3.8, 4) is 0 Å². The summed E-state index contributed by atoms with van der Waals surface area (Å²) < 4.78 is 50.1. The van der Waals surface area contributed by atoms with Crippen LogP contribution in [0.4, 0.5) is 5.69 Å². The summed E-state index contributed by atoms with van der Waals surface area (Å²) in [6.45, 7) is 3.53. The molecule has 0 radical (unpaired) electrons. The number of anilines is 1. The number of benzene rings is 2. The zero-order valence-electron chi connectivity index (χ0n) is 12.5. The maximum absolute atomic E-state index is 12.3. The Morgan fingerprint density at radius 1 is 0.818 bits per heavy atom. The van der Waals surface area contributed by atoms with Crippen LogP contribution in [0.25, 0.3) is 0 Å². The zero-order chi connectivity index (χ0) is 16.5.